The van der Waals surface area contributed by atoms with Crippen molar-refractivity contribution in [1.82, 2.24) is 4.90 Å². The molecule has 8 nitrogen and oxygen atoms in total. The Bertz CT molecular complexity index is 1640. The first-order chi connectivity index (χ1) is 21.6. The van der Waals surface area contributed by atoms with E-state index >= 15 is 0 Å². The monoisotopic (exact) mass is 611 g/mol. The van der Waals surface area contributed by atoms with Gasteiger partial charge in [0.2, 0.25) is 0 Å². The molecule has 3 heterocycles. The second-order valence-electron chi connectivity index (χ2n) is 11.0. The third-order valence-corrected chi connectivity index (χ3v) is 9.46. The lowest BCUT2D eigenvalue weighted by Crippen LogP contribution is -2.67. The summed E-state index contributed by atoms with van der Waals surface area (Å²) >= 11 is 1.54. The predicted molar refractivity (Wildman–Crippen MR) is 167 cm³/mol. The highest BCUT2D eigenvalue weighted by atomic mass is 32.2. The van der Waals surface area contributed by atoms with E-state index in [-0.39, 0.29) is 25.0 Å². The minimum Gasteiger partial charge on any atom is -0.497 e. The van der Waals surface area contributed by atoms with Gasteiger partial charge in [-0.25, -0.2) is 0 Å². The highest BCUT2D eigenvalue weighted by Crippen LogP contribution is 2.42. The molecule has 4 aromatic carbocycles. The molecule has 0 N–H and O–H groups in total. The molecular formula is C35H33NO7S. The van der Waals surface area contributed by atoms with Crippen LogP contribution in [0.25, 0.3) is 10.8 Å². The average molecular weight is 612 g/mol. The van der Waals surface area contributed by atoms with E-state index in [2.05, 4.69) is 18.2 Å². The van der Waals surface area contributed by atoms with Crippen molar-refractivity contribution in [2.24, 2.45) is 0 Å². The molecular weight excluding hydrogens is 578 g/mol. The summed E-state index contributed by atoms with van der Waals surface area (Å²) in [4.78, 5) is 29.0. The number of fused-ring (bicyclic) bond motifs is 3. The van der Waals surface area contributed by atoms with Crippen LogP contribution in [0.5, 0.6) is 5.75 Å². The second-order valence-corrected chi connectivity index (χ2v) is 12.4. The van der Waals surface area contributed by atoms with Crippen molar-refractivity contribution in [1.29, 1.82) is 0 Å². The van der Waals surface area contributed by atoms with Gasteiger partial charge in [0.15, 0.2) is 6.29 Å². The fraction of sp³-hybridized carbons (Fsp3) is 0.314. The second kappa shape index (κ2) is 12.3. The van der Waals surface area contributed by atoms with E-state index in [0.29, 0.717) is 16.9 Å². The predicted octanol–water partition coefficient (Wildman–Crippen LogP) is 5.99. The maximum Gasteiger partial charge on any atom is 0.262 e. The van der Waals surface area contributed by atoms with Gasteiger partial charge in [0.1, 0.15) is 35.5 Å². The molecule has 3 aliphatic rings. The Morgan fingerprint density at radius 1 is 0.864 bits per heavy atom. The first-order valence-electron chi connectivity index (χ1n) is 14.8. The summed E-state index contributed by atoms with van der Waals surface area (Å²) in [5.74, 6) is 0.759. The summed E-state index contributed by atoms with van der Waals surface area (Å²) in [6.07, 6.45) is -2.42. The number of thioether (sulfide) groups is 1. The van der Waals surface area contributed by atoms with Crippen LogP contribution in [-0.2, 0) is 25.6 Å². The van der Waals surface area contributed by atoms with E-state index in [9.17, 15) is 9.59 Å². The number of carbonyl (C=O) groups excluding carboxylic acids is 2. The van der Waals surface area contributed by atoms with E-state index in [4.69, 9.17) is 23.7 Å². The molecule has 4 aromatic rings. The molecule has 2 amide bonds. The Morgan fingerprint density at radius 2 is 1.57 bits per heavy atom. The topological polar surface area (TPSA) is 83.5 Å². The smallest absolute Gasteiger partial charge is 0.262 e. The van der Waals surface area contributed by atoms with Gasteiger partial charge in [-0.2, -0.15) is 0 Å². The van der Waals surface area contributed by atoms with E-state index in [1.54, 1.807) is 31.4 Å². The van der Waals surface area contributed by atoms with Crippen molar-refractivity contribution in [3.63, 3.8) is 0 Å². The molecule has 2 fully saturated rings. The zero-order chi connectivity index (χ0) is 30.2. The van der Waals surface area contributed by atoms with Gasteiger partial charge in [-0.3, -0.25) is 14.5 Å². The van der Waals surface area contributed by atoms with E-state index in [1.807, 2.05) is 55.5 Å². The van der Waals surface area contributed by atoms with Crippen molar-refractivity contribution in [2.75, 3.05) is 19.5 Å². The molecule has 9 heteroatoms. The third kappa shape index (κ3) is 5.29. The standard InChI is InChI=1S/C35H33NO7S/c1-3-44-35-29(36-32(37)26-10-6-7-11-27(26)33(36)38)31(40-19-21-12-16-25(39-2)17-13-21)30-28(42-35)20-41-34(43-30)24-15-14-22-8-4-5-9-23(22)18-24/h4-18,28-31,34-35H,3,19-20H2,1-2H3/t28-,29-,30-,31-,34?,35+/m1/s1. The van der Waals surface area contributed by atoms with Gasteiger partial charge >= 0.3 is 0 Å². The fourth-order valence-corrected chi connectivity index (χ4v) is 7.26. The minimum atomic E-state index is -0.734. The number of amides is 2. The van der Waals surface area contributed by atoms with Crippen LogP contribution in [0.2, 0.25) is 0 Å². The zero-order valence-corrected chi connectivity index (χ0v) is 25.3. The van der Waals surface area contributed by atoms with Crippen molar-refractivity contribution < 1.29 is 33.3 Å². The number of benzene rings is 4. The summed E-state index contributed by atoms with van der Waals surface area (Å²) in [6.45, 7) is 2.54. The number of imide groups is 1. The van der Waals surface area contributed by atoms with Crippen molar-refractivity contribution in [3.05, 3.63) is 113 Å². The van der Waals surface area contributed by atoms with Crippen molar-refractivity contribution in [2.45, 2.75) is 49.6 Å². The average Bonchev–Trinajstić information content (AvgIpc) is 3.32. The van der Waals surface area contributed by atoms with Crippen LogP contribution in [0.3, 0.4) is 0 Å². The number of methoxy groups -OCH3 is 1. The number of rotatable bonds is 8. The van der Waals surface area contributed by atoms with Crippen molar-refractivity contribution in [3.8, 4) is 5.75 Å². The summed E-state index contributed by atoms with van der Waals surface area (Å²) in [5.41, 5.74) is 2.03. The summed E-state index contributed by atoms with van der Waals surface area (Å²) in [6, 6.07) is 28.1. The zero-order valence-electron chi connectivity index (χ0n) is 24.5. The Labute approximate surface area is 260 Å². The molecule has 0 spiro atoms. The Hall–Kier alpha value is -3.73. The van der Waals surface area contributed by atoms with Crippen LogP contribution in [0.4, 0.5) is 0 Å². The Kier molecular flexibility index (Phi) is 8.14. The molecule has 0 bridgehead atoms. The van der Waals surface area contributed by atoms with Gasteiger partial charge in [-0.05, 0) is 52.4 Å². The molecule has 0 aliphatic carbocycles. The molecule has 2 saturated heterocycles. The summed E-state index contributed by atoms with van der Waals surface area (Å²) in [7, 11) is 1.63. The van der Waals surface area contributed by atoms with Gasteiger partial charge in [0.05, 0.1) is 31.5 Å². The largest absolute Gasteiger partial charge is 0.497 e. The Balaban J connectivity index is 1.25. The lowest BCUT2D eigenvalue weighted by atomic mass is 9.95. The van der Waals surface area contributed by atoms with E-state index in [0.717, 1.165) is 27.6 Å². The van der Waals surface area contributed by atoms with E-state index in [1.165, 1.54) is 16.7 Å². The fourth-order valence-electron chi connectivity index (χ4n) is 6.24. The van der Waals surface area contributed by atoms with Gasteiger partial charge in [-0.15, -0.1) is 11.8 Å². The highest BCUT2D eigenvalue weighted by Gasteiger charge is 2.56. The molecule has 0 saturated carbocycles. The number of hydrogen-bond donors (Lipinski definition) is 0. The van der Waals surface area contributed by atoms with E-state index < -0.39 is 36.1 Å². The molecule has 1 unspecified atom stereocenters. The first kappa shape index (κ1) is 29.0. The maximum absolute atomic E-state index is 13.8. The van der Waals surface area contributed by atoms with Gasteiger partial charge < -0.3 is 23.7 Å². The number of hydrogen-bond acceptors (Lipinski definition) is 8. The SMILES string of the molecule is CCS[C@@H]1O[C@@H]2COC(c3ccc4ccccc4c3)O[C@H]2[C@H](OCc2ccc(OC)cc2)[C@H]1N1C(=O)c2ccccc2C1=O. The molecule has 7 rings (SSSR count). The number of nitrogens with zero attached hydrogens (tertiary/aromatic N) is 1. The first-order valence-corrected chi connectivity index (χ1v) is 15.8. The van der Waals surface area contributed by atoms with Gasteiger partial charge in [-0.1, -0.05) is 67.6 Å². The highest BCUT2D eigenvalue weighted by molar-refractivity contribution is 7.99. The van der Waals surface area contributed by atoms with Crippen LogP contribution in [0.1, 0.15) is 45.1 Å². The molecule has 226 valence electrons. The van der Waals surface area contributed by atoms with Crippen LogP contribution in [0.15, 0.2) is 91.0 Å². The quantitative estimate of drug-likeness (QED) is 0.225. The Morgan fingerprint density at radius 3 is 2.27 bits per heavy atom. The summed E-state index contributed by atoms with van der Waals surface area (Å²) < 4.78 is 31.5. The minimum absolute atomic E-state index is 0.242. The molecule has 0 radical (unpaired) electrons. The maximum atomic E-state index is 13.8. The molecule has 0 aromatic heterocycles. The van der Waals surface area contributed by atoms with Crippen LogP contribution in [-0.4, -0.2) is 66.0 Å². The number of ether oxygens (including phenoxy) is 5. The molecule has 44 heavy (non-hydrogen) atoms. The van der Waals surface area contributed by atoms with Gasteiger partial charge in [0.25, 0.3) is 11.8 Å². The van der Waals surface area contributed by atoms with Crippen LogP contribution in [0, 0.1) is 0 Å². The lowest BCUT2D eigenvalue weighted by Gasteiger charge is -2.51. The van der Waals surface area contributed by atoms with Crippen molar-refractivity contribution >= 4 is 34.3 Å². The normalized spacial score (nSPS) is 26.5. The molecule has 3 aliphatic heterocycles. The number of carbonyl (C=O) groups is 2. The summed E-state index contributed by atoms with van der Waals surface area (Å²) in [5, 5.41) is 2.20. The van der Waals surface area contributed by atoms with Crippen LogP contribution < -0.4 is 4.74 Å². The van der Waals surface area contributed by atoms with Gasteiger partial charge in [0, 0.05) is 5.56 Å². The van der Waals surface area contributed by atoms with Crippen LogP contribution >= 0.6 is 11.8 Å². The third-order valence-electron chi connectivity index (χ3n) is 8.41. The molecule has 6 atom stereocenters. The lowest BCUT2D eigenvalue weighted by molar-refractivity contribution is -0.316.